The predicted molar refractivity (Wildman–Crippen MR) is 126 cm³/mol. The van der Waals surface area contributed by atoms with E-state index in [4.69, 9.17) is 0 Å². The Morgan fingerprint density at radius 1 is 0.741 bits per heavy atom. The summed E-state index contributed by atoms with van der Waals surface area (Å²) in [5.41, 5.74) is 3.15. The van der Waals surface area contributed by atoms with Crippen molar-refractivity contribution in [3.8, 4) is 0 Å². The summed E-state index contributed by atoms with van der Waals surface area (Å²) in [6, 6.07) is 7.16. The number of hydrogen-bond donors (Lipinski definition) is 0. The van der Waals surface area contributed by atoms with Crippen LogP contribution in [0.3, 0.4) is 0 Å². The number of allylic oxidation sites excluding steroid dienone is 4. The van der Waals surface area contributed by atoms with Crippen LogP contribution in [-0.2, 0) is 9.84 Å². The smallest absolute Gasteiger partial charge is 0.175 e. The molecule has 3 rings (SSSR count). The van der Waals surface area contributed by atoms with Crippen LogP contribution in [0.15, 0.2) is 42.6 Å². The SMILES string of the molecule is CC1(C)CC(Br)=C(Br)C1.CC1(C)CC(Br)=C(c2ccc(S(C)(=O)=O)cc2)C1. The summed E-state index contributed by atoms with van der Waals surface area (Å²) in [5, 5.41) is 0. The van der Waals surface area contributed by atoms with Gasteiger partial charge in [-0.05, 0) is 64.3 Å². The fourth-order valence-electron chi connectivity index (χ4n) is 3.42. The zero-order valence-electron chi connectivity index (χ0n) is 16.5. The van der Waals surface area contributed by atoms with Crippen molar-refractivity contribution in [1.82, 2.24) is 0 Å². The molecule has 0 spiro atoms. The molecule has 27 heavy (non-hydrogen) atoms. The van der Waals surface area contributed by atoms with E-state index in [1.54, 1.807) is 12.1 Å². The van der Waals surface area contributed by atoms with Gasteiger partial charge in [0, 0.05) is 15.2 Å². The molecule has 0 unspecified atom stereocenters. The lowest BCUT2D eigenvalue weighted by Crippen LogP contribution is -2.04. The minimum Gasteiger partial charge on any atom is -0.224 e. The molecule has 0 saturated carbocycles. The standard InChI is InChI=1S/C14H17BrO2S.C7H10Br2/c1-14(2)8-12(13(15)9-14)10-4-6-11(7-5-10)18(3,16)17;1-7(2)3-5(8)6(9)4-7/h4-7H,8-9H2,1-3H3;3-4H2,1-2H3. The number of rotatable bonds is 2. The predicted octanol–water partition coefficient (Wildman–Crippen LogP) is 7.82. The summed E-state index contributed by atoms with van der Waals surface area (Å²) in [5.74, 6) is 0. The Labute approximate surface area is 189 Å². The minimum atomic E-state index is -3.11. The second kappa shape index (κ2) is 8.45. The molecule has 1 aromatic carbocycles. The molecule has 0 amide bonds. The third kappa shape index (κ3) is 6.55. The lowest BCUT2D eigenvalue weighted by Gasteiger charge is -2.16. The summed E-state index contributed by atoms with van der Waals surface area (Å²) < 4.78 is 26.7. The molecule has 150 valence electrons. The molecule has 0 fully saturated rings. The van der Waals surface area contributed by atoms with Crippen LogP contribution < -0.4 is 0 Å². The Morgan fingerprint density at radius 2 is 1.15 bits per heavy atom. The lowest BCUT2D eigenvalue weighted by atomic mass is 9.88. The first-order chi connectivity index (χ1) is 12.2. The van der Waals surface area contributed by atoms with Gasteiger partial charge in [-0.1, -0.05) is 87.6 Å². The summed E-state index contributed by atoms with van der Waals surface area (Å²) in [6.07, 6.45) is 5.64. The van der Waals surface area contributed by atoms with E-state index < -0.39 is 9.84 Å². The zero-order valence-corrected chi connectivity index (χ0v) is 22.1. The highest BCUT2D eigenvalue weighted by Gasteiger charge is 2.30. The van der Waals surface area contributed by atoms with Crippen molar-refractivity contribution >= 4 is 63.2 Å². The highest BCUT2D eigenvalue weighted by atomic mass is 79.9. The van der Waals surface area contributed by atoms with E-state index in [1.807, 2.05) is 12.1 Å². The van der Waals surface area contributed by atoms with E-state index in [9.17, 15) is 8.42 Å². The van der Waals surface area contributed by atoms with Crippen molar-refractivity contribution < 1.29 is 8.42 Å². The van der Waals surface area contributed by atoms with E-state index in [2.05, 4.69) is 75.5 Å². The molecule has 0 N–H and O–H groups in total. The molecule has 0 atom stereocenters. The number of benzene rings is 1. The summed E-state index contributed by atoms with van der Waals surface area (Å²) in [4.78, 5) is 0.375. The maximum Gasteiger partial charge on any atom is 0.175 e. The third-order valence-electron chi connectivity index (χ3n) is 4.81. The lowest BCUT2D eigenvalue weighted by molar-refractivity contribution is 0.397. The molecular formula is C21H27Br3O2S. The Kier molecular flexibility index (Phi) is 7.31. The first kappa shape index (κ1) is 23.4. The monoisotopic (exact) mass is 580 g/mol. The van der Waals surface area contributed by atoms with Crippen LogP contribution in [0.5, 0.6) is 0 Å². The van der Waals surface area contributed by atoms with Gasteiger partial charge in [-0.2, -0.15) is 0 Å². The van der Waals surface area contributed by atoms with Crippen molar-refractivity contribution in [3.05, 3.63) is 43.3 Å². The summed E-state index contributed by atoms with van der Waals surface area (Å²) in [7, 11) is -3.11. The van der Waals surface area contributed by atoms with Gasteiger partial charge in [0.15, 0.2) is 9.84 Å². The highest BCUT2D eigenvalue weighted by Crippen LogP contribution is 2.48. The zero-order chi connectivity index (χ0) is 20.6. The van der Waals surface area contributed by atoms with Crippen molar-refractivity contribution in [3.63, 3.8) is 0 Å². The molecule has 0 radical (unpaired) electrons. The van der Waals surface area contributed by atoms with Crippen LogP contribution in [0.25, 0.3) is 5.57 Å². The van der Waals surface area contributed by atoms with Gasteiger partial charge < -0.3 is 0 Å². The van der Waals surface area contributed by atoms with Crippen LogP contribution in [0.2, 0.25) is 0 Å². The molecule has 2 aliphatic rings. The second-order valence-electron chi connectivity index (χ2n) is 9.03. The topological polar surface area (TPSA) is 34.1 Å². The molecule has 2 nitrogen and oxygen atoms in total. The maximum absolute atomic E-state index is 11.4. The quantitative estimate of drug-likeness (QED) is 0.356. The van der Waals surface area contributed by atoms with Crippen molar-refractivity contribution in [1.29, 1.82) is 0 Å². The fourth-order valence-corrected chi connectivity index (χ4v) is 6.98. The minimum absolute atomic E-state index is 0.281. The van der Waals surface area contributed by atoms with Crippen LogP contribution in [0.1, 0.15) is 58.9 Å². The van der Waals surface area contributed by atoms with Gasteiger partial charge in [0.05, 0.1) is 4.90 Å². The number of hydrogen-bond acceptors (Lipinski definition) is 2. The Morgan fingerprint density at radius 3 is 1.44 bits per heavy atom. The van der Waals surface area contributed by atoms with Crippen LogP contribution in [0.4, 0.5) is 0 Å². The molecule has 0 aromatic heterocycles. The highest BCUT2D eigenvalue weighted by molar-refractivity contribution is 9.14. The first-order valence-electron chi connectivity index (χ1n) is 8.91. The van der Waals surface area contributed by atoms with E-state index in [-0.39, 0.29) is 5.41 Å². The van der Waals surface area contributed by atoms with Crippen LogP contribution >= 0.6 is 47.8 Å². The summed E-state index contributed by atoms with van der Waals surface area (Å²) in [6.45, 7) is 9.04. The molecule has 1 aromatic rings. The molecule has 6 heteroatoms. The van der Waals surface area contributed by atoms with Gasteiger partial charge >= 0.3 is 0 Å². The summed E-state index contributed by atoms with van der Waals surface area (Å²) >= 11 is 10.7. The van der Waals surface area contributed by atoms with Gasteiger partial charge in [0.1, 0.15) is 0 Å². The molecular weight excluding hydrogens is 556 g/mol. The molecule has 0 aliphatic heterocycles. The van der Waals surface area contributed by atoms with Gasteiger partial charge in [0.2, 0.25) is 0 Å². The normalized spacial score (nSPS) is 21.3. The molecule has 0 bridgehead atoms. The molecule has 2 aliphatic carbocycles. The molecule has 0 saturated heterocycles. The number of halogens is 3. The van der Waals surface area contributed by atoms with Crippen LogP contribution in [0, 0.1) is 10.8 Å². The number of sulfone groups is 1. The van der Waals surface area contributed by atoms with E-state index in [0.717, 1.165) is 18.4 Å². The first-order valence-corrected chi connectivity index (χ1v) is 13.2. The third-order valence-corrected chi connectivity index (χ3v) is 8.75. The average molecular weight is 583 g/mol. The van der Waals surface area contributed by atoms with Crippen molar-refractivity contribution in [2.24, 2.45) is 10.8 Å². The van der Waals surface area contributed by atoms with E-state index >= 15 is 0 Å². The Hall–Kier alpha value is 0.0900. The van der Waals surface area contributed by atoms with Gasteiger partial charge in [-0.25, -0.2) is 8.42 Å². The Balaban J connectivity index is 0.000000244. The van der Waals surface area contributed by atoms with Crippen molar-refractivity contribution in [2.75, 3.05) is 6.26 Å². The maximum atomic E-state index is 11.4. The molecule has 0 heterocycles. The van der Waals surface area contributed by atoms with E-state index in [1.165, 1.54) is 38.1 Å². The van der Waals surface area contributed by atoms with Crippen LogP contribution in [-0.4, -0.2) is 14.7 Å². The van der Waals surface area contributed by atoms with E-state index in [0.29, 0.717) is 10.3 Å². The van der Waals surface area contributed by atoms with Crippen molar-refractivity contribution in [2.45, 2.75) is 58.3 Å². The fraction of sp³-hybridized carbons (Fsp3) is 0.524. The Bertz CT molecular complexity index is 861. The van der Waals surface area contributed by atoms with Gasteiger partial charge in [0.25, 0.3) is 0 Å². The van der Waals surface area contributed by atoms with Gasteiger partial charge in [-0.15, -0.1) is 0 Å². The largest absolute Gasteiger partial charge is 0.224 e. The second-order valence-corrected chi connectivity index (χ2v) is 13.9. The average Bonchev–Trinajstić information content (AvgIpc) is 2.92. The van der Waals surface area contributed by atoms with Gasteiger partial charge in [-0.3, -0.25) is 0 Å².